The second-order valence-corrected chi connectivity index (χ2v) is 5.98. The maximum atomic E-state index is 12.3. The second kappa shape index (κ2) is 7.29. The number of nitrogens with zero attached hydrogens (tertiary/aromatic N) is 2. The molecule has 6 heteroatoms. The molecule has 24 heavy (non-hydrogen) atoms. The van der Waals surface area contributed by atoms with Crippen LogP contribution in [-0.2, 0) is 13.0 Å². The van der Waals surface area contributed by atoms with E-state index in [0.717, 1.165) is 24.2 Å². The van der Waals surface area contributed by atoms with Crippen LogP contribution in [0.1, 0.15) is 29.4 Å². The van der Waals surface area contributed by atoms with E-state index in [-0.39, 0.29) is 23.1 Å². The average Bonchev–Trinajstić information content (AvgIpc) is 2.61. The number of hydrogen-bond acceptors (Lipinski definition) is 4. The summed E-state index contributed by atoms with van der Waals surface area (Å²) in [4.78, 5) is 23.9. The van der Waals surface area contributed by atoms with E-state index in [1.807, 2.05) is 31.2 Å². The Balaban J connectivity index is 1.60. The number of aromatic nitrogens is 2. The molecule has 1 amide bonds. The van der Waals surface area contributed by atoms with Crippen molar-refractivity contribution in [2.75, 3.05) is 13.2 Å². The Morgan fingerprint density at radius 1 is 1.33 bits per heavy atom. The van der Waals surface area contributed by atoms with E-state index >= 15 is 0 Å². The van der Waals surface area contributed by atoms with Crippen molar-refractivity contribution < 1.29 is 9.53 Å². The van der Waals surface area contributed by atoms with Crippen LogP contribution >= 0.6 is 0 Å². The molecule has 0 saturated carbocycles. The van der Waals surface area contributed by atoms with Gasteiger partial charge in [-0.1, -0.05) is 25.1 Å². The van der Waals surface area contributed by atoms with Crippen LogP contribution < -0.4 is 15.6 Å². The van der Waals surface area contributed by atoms with Gasteiger partial charge < -0.3 is 10.1 Å². The van der Waals surface area contributed by atoms with Crippen LogP contribution in [0.15, 0.2) is 41.2 Å². The lowest BCUT2D eigenvalue weighted by atomic mass is 9.97. The quantitative estimate of drug-likeness (QED) is 0.906. The Bertz CT molecular complexity index is 785. The molecule has 0 fully saturated rings. The van der Waals surface area contributed by atoms with Crippen molar-refractivity contribution in [2.24, 2.45) is 5.92 Å². The highest BCUT2D eigenvalue weighted by molar-refractivity contribution is 5.91. The Hall–Kier alpha value is -2.63. The number of para-hydroxylation sites is 1. The van der Waals surface area contributed by atoms with Crippen molar-refractivity contribution in [3.63, 3.8) is 0 Å². The normalized spacial score (nSPS) is 16.1. The van der Waals surface area contributed by atoms with Gasteiger partial charge in [-0.15, -0.1) is 0 Å². The third-order valence-electron chi connectivity index (χ3n) is 4.04. The van der Waals surface area contributed by atoms with E-state index in [4.69, 9.17) is 4.74 Å². The van der Waals surface area contributed by atoms with Gasteiger partial charge in [0, 0.05) is 25.1 Å². The number of nitrogens with one attached hydrogen (secondary N) is 1. The fourth-order valence-corrected chi connectivity index (χ4v) is 2.79. The number of benzene rings is 1. The van der Waals surface area contributed by atoms with E-state index in [9.17, 15) is 9.59 Å². The third kappa shape index (κ3) is 3.64. The molecule has 1 aliphatic heterocycles. The van der Waals surface area contributed by atoms with E-state index < -0.39 is 0 Å². The molecule has 126 valence electrons. The fourth-order valence-electron chi connectivity index (χ4n) is 2.79. The standard InChI is InChI=1S/C18H21N3O3/c1-2-9-21-17(22)8-7-15(20-21)18(23)19-11-13-10-14-5-3-4-6-16(14)24-12-13/h3-8,13H,2,9-12H2,1H3,(H,19,23)/t13-/m0/s1. The number of rotatable bonds is 5. The Labute approximate surface area is 140 Å². The zero-order chi connectivity index (χ0) is 16.9. The number of aryl methyl sites for hydroxylation is 1. The highest BCUT2D eigenvalue weighted by atomic mass is 16.5. The van der Waals surface area contributed by atoms with Crippen molar-refractivity contribution in [1.29, 1.82) is 0 Å². The van der Waals surface area contributed by atoms with Gasteiger partial charge in [0.15, 0.2) is 0 Å². The van der Waals surface area contributed by atoms with Gasteiger partial charge in [-0.2, -0.15) is 5.10 Å². The molecule has 0 spiro atoms. The van der Waals surface area contributed by atoms with Crippen molar-refractivity contribution in [3.8, 4) is 5.75 Å². The van der Waals surface area contributed by atoms with Crippen molar-refractivity contribution in [3.05, 3.63) is 58.0 Å². The van der Waals surface area contributed by atoms with Crippen molar-refractivity contribution in [1.82, 2.24) is 15.1 Å². The maximum absolute atomic E-state index is 12.3. The molecule has 0 saturated heterocycles. The van der Waals surface area contributed by atoms with Crippen LogP contribution in [0, 0.1) is 5.92 Å². The molecule has 1 atom stereocenters. The second-order valence-electron chi connectivity index (χ2n) is 5.98. The van der Waals surface area contributed by atoms with Gasteiger partial charge in [-0.3, -0.25) is 9.59 Å². The summed E-state index contributed by atoms with van der Waals surface area (Å²) in [6, 6.07) is 10.8. The molecule has 0 radical (unpaired) electrons. The molecular weight excluding hydrogens is 306 g/mol. The maximum Gasteiger partial charge on any atom is 0.271 e. The summed E-state index contributed by atoms with van der Waals surface area (Å²) in [5, 5.41) is 7.01. The summed E-state index contributed by atoms with van der Waals surface area (Å²) < 4.78 is 7.06. The zero-order valence-electron chi connectivity index (χ0n) is 13.7. The Morgan fingerprint density at radius 3 is 3.00 bits per heavy atom. The highest BCUT2D eigenvalue weighted by Crippen LogP contribution is 2.26. The summed E-state index contributed by atoms with van der Waals surface area (Å²) >= 11 is 0. The summed E-state index contributed by atoms with van der Waals surface area (Å²) in [5.41, 5.74) is 1.24. The molecule has 1 aliphatic rings. The molecule has 1 aromatic heterocycles. The van der Waals surface area contributed by atoms with E-state index in [1.165, 1.54) is 16.8 Å². The monoisotopic (exact) mass is 327 g/mol. The minimum absolute atomic E-state index is 0.189. The first kappa shape index (κ1) is 16.2. The molecule has 1 aromatic carbocycles. The Kier molecular flexibility index (Phi) is 4.93. The molecule has 1 N–H and O–H groups in total. The van der Waals surface area contributed by atoms with Gasteiger partial charge in [0.2, 0.25) is 0 Å². The van der Waals surface area contributed by atoms with Crippen LogP contribution in [0.2, 0.25) is 0 Å². The first-order valence-electron chi connectivity index (χ1n) is 8.24. The van der Waals surface area contributed by atoms with Crippen LogP contribution in [0.4, 0.5) is 0 Å². The number of carbonyl (C=O) groups is 1. The van der Waals surface area contributed by atoms with Crippen LogP contribution in [0.5, 0.6) is 5.75 Å². The summed E-state index contributed by atoms with van der Waals surface area (Å²) in [6.07, 6.45) is 1.66. The predicted octanol–water partition coefficient (Wildman–Crippen LogP) is 1.63. The summed E-state index contributed by atoms with van der Waals surface area (Å²) in [7, 11) is 0. The van der Waals surface area contributed by atoms with Crippen molar-refractivity contribution in [2.45, 2.75) is 26.3 Å². The third-order valence-corrected chi connectivity index (χ3v) is 4.04. The van der Waals surface area contributed by atoms with Gasteiger partial charge >= 0.3 is 0 Å². The van der Waals surface area contributed by atoms with E-state index in [0.29, 0.717) is 19.7 Å². The molecule has 0 unspecified atom stereocenters. The van der Waals surface area contributed by atoms with E-state index in [1.54, 1.807) is 0 Å². The molecule has 0 aliphatic carbocycles. The minimum atomic E-state index is -0.265. The molecule has 0 bridgehead atoms. The molecule has 6 nitrogen and oxygen atoms in total. The molecule has 3 rings (SSSR count). The average molecular weight is 327 g/mol. The molecular formula is C18H21N3O3. The van der Waals surface area contributed by atoms with E-state index in [2.05, 4.69) is 10.4 Å². The zero-order valence-corrected chi connectivity index (χ0v) is 13.7. The van der Waals surface area contributed by atoms with Crippen molar-refractivity contribution >= 4 is 5.91 Å². The number of fused-ring (bicyclic) bond motifs is 1. The van der Waals surface area contributed by atoms with Crippen LogP contribution in [0.3, 0.4) is 0 Å². The lowest BCUT2D eigenvalue weighted by Gasteiger charge is -2.25. The lowest BCUT2D eigenvalue weighted by Crippen LogP contribution is -2.36. The van der Waals surface area contributed by atoms with Gasteiger partial charge in [0.25, 0.3) is 11.5 Å². The highest BCUT2D eigenvalue weighted by Gasteiger charge is 2.20. The number of amides is 1. The minimum Gasteiger partial charge on any atom is -0.493 e. The summed E-state index contributed by atoms with van der Waals surface area (Å²) in [6.45, 7) is 3.57. The number of ether oxygens (including phenoxy) is 1. The van der Waals surface area contributed by atoms with Crippen LogP contribution in [0.25, 0.3) is 0 Å². The molecule has 2 aromatic rings. The first-order chi connectivity index (χ1) is 11.7. The topological polar surface area (TPSA) is 73.2 Å². The largest absolute Gasteiger partial charge is 0.493 e. The predicted molar refractivity (Wildman–Crippen MR) is 90.3 cm³/mol. The lowest BCUT2D eigenvalue weighted by molar-refractivity contribution is 0.0931. The number of carbonyl (C=O) groups excluding carboxylic acids is 1. The Morgan fingerprint density at radius 2 is 2.17 bits per heavy atom. The van der Waals surface area contributed by atoms with Gasteiger partial charge in [-0.05, 0) is 30.5 Å². The van der Waals surface area contributed by atoms with Gasteiger partial charge in [0.1, 0.15) is 11.4 Å². The summed E-state index contributed by atoms with van der Waals surface area (Å²) in [5.74, 6) is 0.887. The van der Waals surface area contributed by atoms with Gasteiger partial charge in [-0.25, -0.2) is 4.68 Å². The molecule has 2 heterocycles. The SMILES string of the molecule is CCCn1nc(C(=O)NC[C@H]2COc3ccccc3C2)ccc1=O. The van der Waals surface area contributed by atoms with Crippen LogP contribution in [-0.4, -0.2) is 28.8 Å². The van der Waals surface area contributed by atoms with Gasteiger partial charge in [0.05, 0.1) is 6.61 Å². The number of hydrogen-bond donors (Lipinski definition) is 1. The first-order valence-corrected chi connectivity index (χ1v) is 8.24. The fraction of sp³-hybridized carbons (Fsp3) is 0.389. The smallest absolute Gasteiger partial charge is 0.271 e.